The van der Waals surface area contributed by atoms with E-state index in [9.17, 15) is 18.0 Å². The second-order valence-electron chi connectivity index (χ2n) is 4.18. The van der Waals surface area contributed by atoms with Crippen LogP contribution in [0.4, 0.5) is 13.2 Å². The average Bonchev–Trinajstić information content (AvgIpc) is 2.26. The maximum atomic E-state index is 12.4. The van der Waals surface area contributed by atoms with Gasteiger partial charge in [-0.15, -0.1) is 12.4 Å². The lowest BCUT2D eigenvalue weighted by molar-refractivity contribution is -0.186. The molecule has 17 heavy (non-hydrogen) atoms. The van der Waals surface area contributed by atoms with Crippen molar-refractivity contribution in [1.82, 2.24) is 10.2 Å². The first-order chi connectivity index (χ1) is 7.36. The van der Waals surface area contributed by atoms with Gasteiger partial charge in [0.25, 0.3) is 0 Å². The predicted octanol–water partition coefficient (Wildman–Crippen LogP) is 1.82. The minimum Gasteiger partial charge on any atom is -0.341 e. The third kappa shape index (κ3) is 4.35. The molecule has 0 spiro atoms. The van der Waals surface area contributed by atoms with Crippen molar-refractivity contribution in [2.24, 2.45) is 5.92 Å². The fourth-order valence-corrected chi connectivity index (χ4v) is 1.83. The van der Waals surface area contributed by atoms with Gasteiger partial charge in [0.05, 0.1) is 0 Å². The van der Waals surface area contributed by atoms with Crippen molar-refractivity contribution in [3.63, 3.8) is 0 Å². The van der Waals surface area contributed by atoms with E-state index in [0.717, 1.165) is 19.8 Å². The normalized spacial score (nSPS) is 22.9. The highest BCUT2D eigenvalue weighted by molar-refractivity contribution is 5.85. The van der Waals surface area contributed by atoms with Crippen LogP contribution >= 0.6 is 12.4 Å². The van der Waals surface area contributed by atoms with Crippen molar-refractivity contribution in [2.45, 2.75) is 32.0 Å². The first-order valence-corrected chi connectivity index (χ1v) is 5.39. The molecule has 7 heteroatoms. The van der Waals surface area contributed by atoms with Crippen LogP contribution in [0.5, 0.6) is 0 Å². The van der Waals surface area contributed by atoms with Gasteiger partial charge in [0.2, 0.25) is 5.91 Å². The third-order valence-electron chi connectivity index (χ3n) is 3.00. The summed E-state index contributed by atoms with van der Waals surface area (Å²) in [6.07, 6.45) is -2.79. The molecule has 1 amide bonds. The summed E-state index contributed by atoms with van der Waals surface area (Å²) in [5.41, 5.74) is 0. The second-order valence-corrected chi connectivity index (χ2v) is 4.18. The Hall–Kier alpha value is -0.490. The standard InChI is InChI=1S/C10H17F3N2O.ClH/c1-7(10(11,12)13)9(16)15-5-3-4-8(6-15)14-2;/h7-8,14H,3-6H2,1-2H3;1H. The van der Waals surface area contributed by atoms with Crippen molar-refractivity contribution in [3.8, 4) is 0 Å². The van der Waals surface area contributed by atoms with Gasteiger partial charge in [-0.25, -0.2) is 0 Å². The molecule has 1 saturated heterocycles. The first-order valence-electron chi connectivity index (χ1n) is 5.39. The fraction of sp³-hybridized carbons (Fsp3) is 0.900. The molecule has 2 atom stereocenters. The zero-order valence-electron chi connectivity index (χ0n) is 9.88. The Bertz CT molecular complexity index is 260. The van der Waals surface area contributed by atoms with E-state index >= 15 is 0 Å². The van der Waals surface area contributed by atoms with Crippen LogP contribution in [0.15, 0.2) is 0 Å². The number of hydrogen-bond acceptors (Lipinski definition) is 2. The third-order valence-corrected chi connectivity index (χ3v) is 3.00. The fourth-order valence-electron chi connectivity index (χ4n) is 1.83. The Morgan fingerprint density at radius 1 is 1.47 bits per heavy atom. The Morgan fingerprint density at radius 2 is 2.06 bits per heavy atom. The summed E-state index contributed by atoms with van der Waals surface area (Å²) >= 11 is 0. The molecule has 0 aromatic heterocycles. The van der Waals surface area contributed by atoms with Crippen molar-refractivity contribution >= 4 is 18.3 Å². The number of halogens is 4. The lowest BCUT2D eigenvalue weighted by atomic mass is 10.0. The number of carbonyl (C=O) groups excluding carboxylic acids is 1. The van der Waals surface area contributed by atoms with Crippen LogP contribution in [0.2, 0.25) is 0 Å². The Balaban J connectivity index is 0.00000256. The molecule has 0 aromatic carbocycles. The molecule has 0 aliphatic carbocycles. The van der Waals surface area contributed by atoms with Gasteiger partial charge in [-0.05, 0) is 26.8 Å². The summed E-state index contributed by atoms with van der Waals surface area (Å²) in [7, 11) is 1.76. The average molecular weight is 275 g/mol. The summed E-state index contributed by atoms with van der Waals surface area (Å²) in [6, 6.07) is 0.109. The number of likely N-dealkylation sites (tertiary alicyclic amines) is 1. The number of rotatable bonds is 2. The van der Waals surface area contributed by atoms with E-state index in [0.29, 0.717) is 13.1 Å². The zero-order chi connectivity index (χ0) is 12.3. The van der Waals surface area contributed by atoms with Gasteiger partial charge < -0.3 is 10.2 Å². The predicted molar refractivity (Wildman–Crippen MR) is 61.1 cm³/mol. The molecule has 3 nitrogen and oxygen atoms in total. The summed E-state index contributed by atoms with van der Waals surface area (Å²) in [4.78, 5) is 12.9. The molecule has 1 aliphatic heterocycles. The van der Waals surface area contributed by atoms with Crippen LogP contribution in [0, 0.1) is 5.92 Å². The van der Waals surface area contributed by atoms with Crippen molar-refractivity contribution in [3.05, 3.63) is 0 Å². The number of carbonyl (C=O) groups is 1. The van der Waals surface area contributed by atoms with E-state index in [4.69, 9.17) is 0 Å². The number of likely N-dealkylation sites (N-methyl/N-ethyl adjacent to an activating group) is 1. The number of nitrogens with one attached hydrogen (secondary N) is 1. The van der Waals surface area contributed by atoms with Crippen LogP contribution in [-0.4, -0.2) is 43.2 Å². The van der Waals surface area contributed by atoms with Crippen LogP contribution in [-0.2, 0) is 4.79 Å². The van der Waals surface area contributed by atoms with Gasteiger partial charge in [-0.3, -0.25) is 4.79 Å². The van der Waals surface area contributed by atoms with Crippen LogP contribution in [0.1, 0.15) is 19.8 Å². The molecule has 1 N–H and O–H groups in total. The van der Waals surface area contributed by atoms with Crippen molar-refractivity contribution < 1.29 is 18.0 Å². The largest absolute Gasteiger partial charge is 0.400 e. The lowest BCUT2D eigenvalue weighted by Gasteiger charge is -2.34. The molecule has 0 radical (unpaired) electrons. The highest BCUT2D eigenvalue weighted by Crippen LogP contribution is 2.28. The van der Waals surface area contributed by atoms with Gasteiger partial charge in [0.1, 0.15) is 5.92 Å². The molecule has 0 aromatic rings. The van der Waals surface area contributed by atoms with Gasteiger partial charge in [-0.1, -0.05) is 0 Å². The maximum absolute atomic E-state index is 12.4. The molecule has 0 saturated carbocycles. The molecule has 1 rings (SSSR count). The maximum Gasteiger partial charge on any atom is 0.400 e. The molecule has 1 heterocycles. The topological polar surface area (TPSA) is 32.3 Å². The van der Waals surface area contributed by atoms with Crippen molar-refractivity contribution in [2.75, 3.05) is 20.1 Å². The van der Waals surface area contributed by atoms with Gasteiger partial charge >= 0.3 is 6.18 Å². The molecule has 2 unspecified atom stereocenters. The second kappa shape index (κ2) is 6.44. The Labute approximate surface area is 105 Å². The van der Waals surface area contributed by atoms with E-state index in [1.165, 1.54) is 4.90 Å². The van der Waals surface area contributed by atoms with E-state index in [-0.39, 0.29) is 18.4 Å². The summed E-state index contributed by atoms with van der Waals surface area (Å²) in [5, 5.41) is 2.99. The Kier molecular flexibility index (Phi) is 6.26. The number of alkyl halides is 3. The Morgan fingerprint density at radius 3 is 2.53 bits per heavy atom. The summed E-state index contributed by atoms with van der Waals surface area (Å²) in [6.45, 7) is 1.72. The van der Waals surface area contributed by atoms with E-state index in [1.807, 2.05) is 0 Å². The summed E-state index contributed by atoms with van der Waals surface area (Å²) < 4.78 is 37.1. The number of hydrogen-bond donors (Lipinski definition) is 1. The van der Waals surface area contributed by atoms with Gasteiger partial charge in [0.15, 0.2) is 0 Å². The van der Waals surface area contributed by atoms with Crippen molar-refractivity contribution in [1.29, 1.82) is 0 Å². The number of amides is 1. The van der Waals surface area contributed by atoms with E-state index in [2.05, 4.69) is 5.32 Å². The lowest BCUT2D eigenvalue weighted by Crippen LogP contribution is -2.50. The van der Waals surface area contributed by atoms with E-state index in [1.54, 1.807) is 7.05 Å². The minimum atomic E-state index is -4.44. The number of piperidine rings is 1. The highest BCUT2D eigenvalue weighted by Gasteiger charge is 2.43. The van der Waals surface area contributed by atoms with Gasteiger partial charge in [-0.2, -0.15) is 13.2 Å². The van der Waals surface area contributed by atoms with E-state index < -0.39 is 18.0 Å². The molecule has 0 bridgehead atoms. The van der Waals surface area contributed by atoms with Crippen LogP contribution in [0.3, 0.4) is 0 Å². The van der Waals surface area contributed by atoms with Crippen LogP contribution < -0.4 is 5.32 Å². The first kappa shape index (κ1) is 16.5. The highest BCUT2D eigenvalue weighted by atomic mass is 35.5. The summed E-state index contributed by atoms with van der Waals surface area (Å²) in [5.74, 6) is -2.71. The zero-order valence-corrected chi connectivity index (χ0v) is 10.7. The quantitative estimate of drug-likeness (QED) is 0.833. The molecule has 102 valence electrons. The SMILES string of the molecule is CNC1CCCN(C(=O)C(C)C(F)(F)F)C1.Cl. The van der Waals surface area contributed by atoms with Crippen LogP contribution in [0.25, 0.3) is 0 Å². The molecule has 1 fully saturated rings. The molecular formula is C10H18ClF3N2O. The minimum absolute atomic E-state index is 0. The smallest absolute Gasteiger partial charge is 0.341 e. The number of nitrogens with zero attached hydrogens (tertiary/aromatic N) is 1. The molecule has 1 aliphatic rings. The van der Waals surface area contributed by atoms with Gasteiger partial charge in [0, 0.05) is 19.1 Å². The monoisotopic (exact) mass is 274 g/mol. The molecular weight excluding hydrogens is 257 g/mol.